The number of nitrogens with zero attached hydrogens (tertiary/aromatic N) is 1. The average Bonchev–Trinajstić information content (AvgIpc) is 2.61. The number of carbonyl (C=O) groups excluding carboxylic acids is 1. The topological polar surface area (TPSA) is 79.5 Å². The first kappa shape index (κ1) is 21.7. The average molecular weight is 458 g/mol. The van der Waals surface area contributed by atoms with E-state index in [0.717, 1.165) is 12.0 Å². The second kappa shape index (κ2) is 11.3. The fourth-order valence-electron chi connectivity index (χ4n) is 2.85. The number of rotatable bonds is 6. The summed E-state index contributed by atoms with van der Waals surface area (Å²) < 4.78 is 0. The van der Waals surface area contributed by atoms with Gasteiger partial charge in [0.15, 0.2) is 5.96 Å². The van der Waals surface area contributed by atoms with E-state index in [9.17, 15) is 4.79 Å². The van der Waals surface area contributed by atoms with Gasteiger partial charge in [0.05, 0.1) is 6.54 Å². The molecule has 1 saturated carbocycles. The number of carbonyl (C=O) groups is 1. The van der Waals surface area contributed by atoms with E-state index in [1.54, 1.807) is 0 Å². The molecule has 0 aromatic heterocycles. The van der Waals surface area contributed by atoms with Gasteiger partial charge in [0.2, 0.25) is 0 Å². The molecule has 1 aromatic rings. The van der Waals surface area contributed by atoms with Gasteiger partial charge in [-0.3, -0.25) is 4.79 Å². The minimum atomic E-state index is -0.0297. The van der Waals surface area contributed by atoms with Crippen LogP contribution in [0.1, 0.15) is 68.3 Å². The molecule has 0 heterocycles. The molecule has 2 rings (SSSR count). The van der Waals surface area contributed by atoms with Crippen molar-refractivity contribution in [2.45, 2.75) is 71.0 Å². The number of benzene rings is 1. The second-order valence-electron chi connectivity index (χ2n) is 6.66. The Bertz CT molecular complexity index is 553. The van der Waals surface area contributed by atoms with E-state index in [1.807, 2.05) is 31.2 Å². The summed E-state index contributed by atoms with van der Waals surface area (Å²) in [5.41, 5.74) is 7.70. The third-order valence-electron chi connectivity index (χ3n) is 4.60. The largest absolute Gasteiger partial charge is 0.370 e. The normalized spacial score (nSPS) is 16.6. The van der Waals surface area contributed by atoms with Crippen molar-refractivity contribution >= 4 is 35.8 Å². The minimum absolute atomic E-state index is 0. The number of guanidine groups is 1. The number of nitrogens with one attached hydrogen (secondary N) is 2. The summed E-state index contributed by atoms with van der Waals surface area (Å²) in [7, 11) is 0. The zero-order chi connectivity index (χ0) is 17.4. The molecule has 0 saturated heterocycles. The summed E-state index contributed by atoms with van der Waals surface area (Å²) >= 11 is 0. The summed E-state index contributed by atoms with van der Waals surface area (Å²) in [5, 5.41) is 6.27. The van der Waals surface area contributed by atoms with Crippen molar-refractivity contribution in [2.75, 3.05) is 0 Å². The molecule has 0 aliphatic heterocycles. The monoisotopic (exact) mass is 458 g/mol. The maximum Gasteiger partial charge on any atom is 0.251 e. The van der Waals surface area contributed by atoms with E-state index in [-0.39, 0.29) is 35.9 Å². The number of nitrogens with two attached hydrogens (primary N) is 1. The van der Waals surface area contributed by atoms with Crippen LogP contribution in [0.25, 0.3) is 0 Å². The summed E-state index contributed by atoms with van der Waals surface area (Å²) in [6.45, 7) is 4.58. The lowest BCUT2D eigenvalue weighted by Crippen LogP contribution is -2.41. The predicted molar refractivity (Wildman–Crippen MR) is 114 cm³/mol. The standard InChI is InChI=1S/C19H30N4O.HI/c1-3-14(2)22-18(24)16-11-9-15(10-12-16)13-21-19(20)23-17-7-5-4-6-8-17;/h9-12,14,17H,3-8,13H2,1-2H3,(H,22,24)(H3,20,21,23);1H. The van der Waals surface area contributed by atoms with E-state index in [2.05, 4.69) is 22.5 Å². The van der Waals surface area contributed by atoms with Crippen LogP contribution in [0.2, 0.25) is 0 Å². The quantitative estimate of drug-likeness (QED) is 0.347. The Balaban J connectivity index is 0.00000312. The van der Waals surface area contributed by atoms with Gasteiger partial charge >= 0.3 is 0 Å². The van der Waals surface area contributed by atoms with Crippen LogP contribution in [0.3, 0.4) is 0 Å². The zero-order valence-electron chi connectivity index (χ0n) is 15.3. The molecule has 25 heavy (non-hydrogen) atoms. The Kier molecular flexibility index (Phi) is 9.85. The molecule has 1 aliphatic rings. The molecule has 5 nitrogen and oxygen atoms in total. The van der Waals surface area contributed by atoms with E-state index >= 15 is 0 Å². The first-order valence-electron chi connectivity index (χ1n) is 9.04. The SMILES string of the molecule is CCC(C)NC(=O)c1ccc(CN=C(N)NC2CCCCC2)cc1.I. The van der Waals surface area contributed by atoms with Gasteiger partial charge in [0.1, 0.15) is 0 Å². The predicted octanol–water partition coefficient (Wildman–Crippen LogP) is 3.57. The van der Waals surface area contributed by atoms with Crippen molar-refractivity contribution < 1.29 is 4.79 Å². The molecule has 1 amide bonds. The third kappa shape index (κ3) is 7.63. The van der Waals surface area contributed by atoms with E-state index in [0.29, 0.717) is 24.1 Å². The Hall–Kier alpha value is -1.31. The summed E-state index contributed by atoms with van der Waals surface area (Å²) in [6.07, 6.45) is 7.14. The minimum Gasteiger partial charge on any atom is -0.370 e. The highest BCUT2D eigenvalue weighted by molar-refractivity contribution is 14.0. The zero-order valence-corrected chi connectivity index (χ0v) is 17.6. The van der Waals surface area contributed by atoms with Crippen LogP contribution in [0.4, 0.5) is 0 Å². The lowest BCUT2D eigenvalue weighted by molar-refractivity contribution is 0.0939. The van der Waals surface area contributed by atoms with Gasteiger partial charge in [-0.2, -0.15) is 0 Å². The smallest absolute Gasteiger partial charge is 0.251 e. The maximum absolute atomic E-state index is 12.0. The third-order valence-corrected chi connectivity index (χ3v) is 4.60. The fraction of sp³-hybridized carbons (Fsp3) is 0.579. The Morgan fingerprint density at radius 3 is 2.48 bits per heavy atom. The molecular weight excluding hydrogens is 427 g/mol. The number of amides is 1. The second-order valence-corrected chi connectivity index (χ2v) is 6.66. The molecule has 1 fully saturated rings. The lowest BCUT2D eigenvalue weighted by atomic mass is 9.96. The Labute approximate surface area is 168 Å². The van der Waals surface area contributed by atoms with Crippen LogP contribution in [-0.2, 0) is 6.54 Å². The van der Waals surface area contributed by atoms with Crippen molar-refractivity contribution in [3.8, 4) is 0 Å². The van der Waals surface area contributed by atoms with Crippen molar-refractivity contribution in [1.82, 2.24) is 10.6 Å². The molecule has 1 aromatic carbocycles. The lowest BCUT2D eigenvalue weighted by Gasteiger charge is -2.23. The van der Waals surface area contributed by atoms with Crippen LogP contribution in [0, 0.1) is 0 Å². The molecular formula is C19H31IN4O. The highest BCUT2D eigenvalue weighted by Gasteiger charge is 2.13. The van der Waals surface area contributed by atoms with Crippen molar-refractivity contribution in [3.05, 3.63) is 35.4 Å². The van der Waals surface area contributed by atoms with Gasteiger partial charge in [-0.05, 0) is 43.9 Å². The molecule has 6 heteroatoms. The van der Waals surface area contributed by atoms with Crippen LogP contribution in [-0.4, -0.2) is 24.0 Å². The van der Waals surface area contributed by atoms with Crippen LogP contribution in [0.5, 0.6) is 0 Å². The Morgan fingerprint density at radius 2 is 1.88 bits per heavy atom. The Morgan fingerprint density at radius 1 is 1.24 bits per heavy atom. The van der Waals surface area contributed by atoms with Gasteiger partial charge in [0, 0.05) is 17.6 Å². The van der Waals surface area contributed by atoms with Crippen LogP contribution in [0.15, 0.2) is 29.3 Å². The van der Waals surface area contributed by atoms with Crippen molar-refractivity contribution in [3.63, 3.8) is 0 Å². The molecule has 1 atom stereocenters. The van der Waals surface area contributed by atoms with Gasteiger partial charge < -0.3 is 16.4 Å². The van der Waals surface area contributed by atoms with Gasteiger partial charge in [-0.1, -0.05) is 38.3 Å². The van der Waals surface area contributed by atoms with Crippen molar-refractivity contribution in [1.29, 1.82) is 0 Å². The van der Waals surface area contributed by atoms with Crippen LogP contribution < -0.4 is 16.4 Å². The maximum atomic E-state index is 12.0. The number of aliphatic imine (C=N–C) groups is 1. The summed E-state index contributed by atoms with van der Waals surface area (Å²) in [6, 6.07) is 8.20. The molecule has 1 unspecified atom stereocenters. The molecule has 1 aliphatic carbocycles. The number of halogens is 1. The number of hydrogen-bond donors (Lipinski definition) is 3. The first-order valence-corrected chi connectivity index (χ1v) is 9.04. The van der Waals surface area contributed by atoms with E-state index < -0.39 is 0 Å². The highest BCUT2D eigenvalue weighted by atomic mass is 127. The highest BCUT2D eigenvalue weighted by Crippen LogP contribution is 2.17. The van der Waals surface area contributed by atoms with E-state index in [1.165, 1.54) is 32.1 Å². The first-order chi connectivity index (χ1) is 11.6. The van der Waals surface area contributed by atoms with E-state index in [4.69, 9.17) is 5.73 Å². The molecule has 0 bridgehead atoms. The molecule has 140 valence electrons. The number of hydrogen-bond acceptors (Lipinski definition) is 2. The van der Waals surface area contributed by atoms with Gasteiger partial charge in [-0.25, -0.2) is 4.99 Å². The summed E-state index contributed by atoms with van der Waals surface area (Å²) in [4.78, 5) is 16.5. The molecule has 4 N–H and O–H groups in total. The van der Waals surface area contributed by atoms with Gasteiger partial charge in [0.25, 0.3) is 5.91 Å². The molecule has 0 spiro atoms. The fourth-order valence-corrected chi connectivity index (χ4v) is 2.85. The van der Waals surface area contributed by atoms with Gasteiger partial charge in [-0.15, -0.1) is 24.0 Å². The van der Waals surface area contributed by atoms with Crippen LogP contribution >= 0.6 is 24.0 Å². The molecule has 0 radical (unpaired) electrons. The summed E-state index contributed by atoms with van der Waals surface area (Å²) in [5.74, 6) is 0.485. The van der Waals surface area contributed by atoms with Crippen molar-refractivity contribution in [2.24, 2.45) is 10.7 Å².